The van der Waals surface area contributed by atoms with Crippen molar-refractivity contribution in [1.82, 2.24) is 10.2 Å². The predicted molar refractivity (Wildman–Crippen MR) is 84.2 cm³/mol. The molecule has 0 spiro atoms. The smallest absolute Gasteiger partial charge is 0.236 e. The van der Waals surface area contributed by atoms with Crippen LogP contribution in [-0.2, 0) is 24.3 Å². The number of carbonyl (C=O) groups is 1. The Labute approximate surface area is 127 Å². The summed E-state index contributed by atoms with van der Waals surface area (Å²) in [5.41, 5.74) is 3.92. The first-order chi connectivity index (χ1) is 9.74. The predicted octanol–water partition coefficient (Wildman–Crippen LogP) is 2.79. The first-order valence-electron chi connectivity index (χ1n) is 6.79. The fraction of sp³-hybridized carbons (Fsp3) is 0.400. The molecule has 0 aliphatic carbocycles. The molecule has 2 aromatic heterocycles. The molecule has 1 aliphatic rings. The zero-order valence-electron chi connectivity index (χ0n) is 11.5. The molecule has 0 unspecified atom stereocenters. The standard InChI is InChI=1S/C15H18N2OS2/c1-11-9-19-10-13(11)6-16-7-15(18)17-4-2-14-12(8-17)3-5-20-14/h3,5,9-10,16H,2,4,6-8H2,1H3. The lowest BCUT2D eigenvalue weighted by atomic mass is 10.1. The summed E-state index contributed by atoms with van der Waals surface area (Å²) in [7, 11) is 0. The monoisotopic (exact) mass is 306 g/mol. The molecule has 2 aromatic rings. The molecule has 3 nitrogen and oxygen atoms in total. The maximum Gasteiger partial charge on any atom is 0.236 e. The Bertz CT molecular complexity index is 603. The molecular formula is C15H18N2OS2. The van der Waals surface area contributed by atoms with E-state index >= 15 is 0 Å². The van der Waals surface area contributed by atoms with Gasteiger partial charge in [0.2, 0.25) is 5.91 Å². The molecule has 106 valence electrons. The lowest BCUT2D eigenvalue weighted by Gasteiger charge is -2.27. The number of nitrogens with zero attached hydrogens (tertiary/aromatic N) is 1. The molecule has 0 atom stereocenters. The van der Waals surface area contributed by atoms with E-state index in [4.69, 9.17) is 0 Å². The number of rotatable bonds is 4. The maximum absolute atomic E-state index is 12.2. The largest absolute Gasteiger partial charge is 0.337 e. The van der Waals surface area contributed by atoms with Crippen LogP contribution in [0.4, 0.5) is 0 Å². The van der Waals surface area contributed by atoms with Gasteiger partial charge in [-0.1, -0.05) is 0 Å². The van der Waals surface area contributed by atoms with Gasteiger partial charge in [0.15, 0.2) is 0 Å². The van der Waals surface area contributed by atoms with Crippen molar-refractivity contribution in [2.24, 2.45) is 0 Å². The second-order valence-corrected chi connectivity index (χ2v) is 6.86. The van der Waals surface area contributed by atoms with E-state index < -0.39 is 0 Å². The SMILES string of the molecule is Cc1cscc1CNCC(=O)N1CCc2sccc2C1. The van der Waals surface area contributed by atoms with Crippen LogP contribution < -0.4 is 5.32 Å². The normalized spacial score (nSPS) is 14.3. The summed E-state index contributed by atoms with van der Waals surface area (Å²) in [6, 6.07) is 2.14. The van der Waals surface area contributed by atoms with Crippen molar-refractivity contribution in [3.63, 3.8) is 0 Å². The molecular weight excluding hydrogens is 288 g/mol. The van der Waals surface area contributed by atoms with E-state index in [0.29, 0.717) is 6.54 Å². The lowest BCUT2D eigenvalue weighted by molar-refractivity contribution is -0.131. The summed E-state index contributed by atoms with van der Waals surface area (Å²) < 4.78 is 0. The van der Waals surface area contributed by atoms with E-state index in [0.717, 1.165) is 26.1 Å². The van der Waals surface area contributed by atoms with Gasteiger partial charge in [-0.2, -0.15) is 11.3 Å². The van der Waals surface area contributed by atoms with Crippen LogP contribution in [0.5, 0.6) is 0 Å². The number of thiophene rings is 2. The summed E-state index contributed by atoms with van der Waals surface area (Å²) >= 11 is 3.52. The number of nitrogens with one attached hydrogen (secondary N) is 1. The van der Waals surface area contributed by atoms with Crippen LogP contribution in [0.25, 0.3) is 0 Å². The van der Waals surface area contributed by atoms with Crippen molar-refractivity contribution in [1.29, 1.82) is 0 Å². The van der Waals surface area contributed by atoms with Gasteiger partial charge in [-0.3, -0.25) is 4.79 Å². The van der Waals surface area contributed by atoms with E-state index in [1.54, 1.807) is 22.7 Å². The van der Waals surface area contributed by atoms with Crippen LogP contribution in [0.15, 0.2) is 22.2 Å². The van der Waals surface area contributed by atoms with Crippen molar-refractivity contribution in [2.75, 3.05) is 13.1 Å². The summed E-state index contributed by atoms with van der Waals surface area (Å²) in [5.74, 6) is 0.203. The minimum atomic E-state index is 0.203. The van der Waals surface area contributed by atoms with Crippen LogP contribution in [0.3, 0.4) is 0 Å². The Morgan fingerprint density at radius 3 is 3.15 bits per heavy atom. The third-order valence-corrected chi connectivity index (χ3v) is 5.65. The summed E-state index contributed by atoms with van der Waals surface area (Å²) in [4.78, 5) is 15.6. The first-order valence-corrected chi connectivity index (χ1v) is 8.61. The van der Waals surface area contributed by atoms with E-state index in [9.17, 15) is 4.79 Å². The van der Waals surface area contributed by atoms with Crippen molar-refractivity contribution in [2.45, 2.75) is 26.4 Å². The number of amides is 1. The molecule has 0 aromatic carbocycles. The zero-order valence-corrected chi connectivity index (χ0v) is 13.1. The molecule has 20 heavy (non-hydrogen) atoms. The quantitative estimate of drug-likeness (QED) is 0.942. The number of carbonyl (C=O) groups excluding carboxylic acids is 1. The van der Waals surface area contributed by atoms with Crippen LogP contribution >= 0.6 is 22.7 Å². The molecule has 0 radical (unpaired) electrons. The van der Waals surface area contributed by atoms with Gasteiger partial charge in [0.25, 0.3) is 0 Å². The van der Waals surface area contributed by atoms with Gasteiger partial charge in [0.05, 0.1) is 6.54 Å². The zero-order chi connectivity index (χ0) is 13.9. The Kier molecular flexibility index (Phi) is 4.19. The molecule has 0 bridgehead atoms. The first kappa shape index (κ1) is 13.8. The fourth-order valence-electron chi connectivity index (χ4n) is 2.45. The highest BCUT2D eigenvalue weighted by molar-refractivity contribution is 7.10. The third kappa shape index (κ3) is 2.95. The highest BCUT2D eigenvalue weighted by Gasteiger charge is 2.20. The molecule has 0 saturated heterocycles. The van der Waals surface area contributed by atoms with Crippen LogP contribution in [0, 0.1) is 6.92 Å². The van der Waals surface area contributed by atoms with Crippen molar-refractivity contribution < 1.29 is 4.79 Å². The molecule has 3 heterocycles. The summed E-state index contributed by atoms with van der Waals surface area (Å²) in [6.07, 6.45) is 1.00. The number of aryl methyl sites for hydroxylation is 1. The van der Waals surface area contributed by atoms with E-state index in [-0.39, 0.29) is 5.91 Å². The van der Waals surface area contributed by atoms with E-state index in [1.165, 1.54) is 21.6 Å². The number of fused-ring (bicyclic) bond motifs is 1. The minimum Gasteiger partial charge on any atom is -0.337 e. The van der Waals surface area contributed by atoms with E-state index in [2.05, 4.69) is 34.4 Å². The van der Waals surface area contributed by atoms with E-state index in [1.807, 2.05) is 4.90 Å². The molecule has 0 fully saturated rings. The van der Waals surface area contributed by atoms with Gasteiger partial charge in [0.1, 0.15) is 0 Å². The Hall–Kier alpha value is -1.17. The highest BCUT2D eigenvalue weighted by Crippen LogP contribution is 2.23. The van der Waals surface area contributed by atoms with Crippen molar-refractivity contribution >= 4 is 28.6 Å². The average molecular weight is 306 g/mol. The van der Waals surface area contributed by atoms with Crippen LogP contribution in [0.1, 0.15) is 21.6 Å². The Balaban J connectivity index is 1.49. The topological polar surface area (TPSA) is 32.3 Å². The molecule has 0 saturated carbocycles. The van der Waals surface area contributed by atoms with Crippen LogP contribution in [0.2, 0.25) is 0 Å². The van der Waals surface area contributed by atoms with Crippen LogP contribution in [-0.4, -0.2) is 23.9 Å². The van der Waals surface area contributed by atoms with Gasteiger partial charge in [0, 0.05) is 24.5 Å². The summed E-state index contributed by atoms with van der Waals surface area (Å²) in [5, 5.41) is 9.67. The number of hydrogen-bond acceptors (Lipinski definition) is 4. The second kappa shape index (κ2) is 6.08. The lowest BCUT2D eigenvalue weighted by Crippen LogP contribution is -2.40. The van der Waals surface area contributed by atoms with Gasteiger partial charge in [-0.15, -0.1) is 11.3 Å². The maximum atomic E-state index is 12.2. The molecule has 1 N–H and O–H groups in total. The highest BCUT2D eigenvalue weighted by atomic mass is 32.1. The van der Waals surface area contributed by atoms with Gasteiger partial charge < -0.3 is 10.2 Å². The van der Waals surface area contributed by atoms with Crippen molar-refractivity contribution in [3.8, 4) is 0 Å². The molecule has 5 heteroatoms. The summed E-state index contributed by atoms with van der Waals surface area (Å²) in [6.45, 7) is 4.94. The second-order valence-electron chi connectivity index (χ2n) is 5.12. The molecule has 3 rings (SSSR count). The average Bonchev–Trinajstić information content (AvgIpc) is 3.07. The fourth-order valence-corrected chi connectivity index (χ4v) is 4.19. The van der Waals surface area contributed by atoms with Gasteiger partial charge in [-0.05, 0) is 52.2 Å². The van der Waals surface area contributed by atoms with Gasteiger partial charge in [-0.25, -0.2) is 0 Å². The Morgan fingerprint density at radius 1 is 1.45 bits per heavy atom. The minimum absolute atomic E-state index is 0.203. The Morgan fingerprint density at radius 2 is 2.35 bits per heavy atom. The van der Waals surface area contributed by atoms with Crippen molar-refractivity contribution in [3.05, 3.63) is 43.8 Å². The third-order valence-electron chi connectivity index (χ3n) is 3.71. The molecule has 1 aliphatic heterocycles. The molecule has 1 amide bonds. The number of hydrogen-bond donors (Lipinski definition) is 1. The van der Waals surface area contributed by atoms with Gasteiger partial charge >= 0.3 is 0 Å².